The third kappa shape index (κ3) is 4.73. The summed E-state index contributed by atoms with van der Waals surface area (Å²) in [7, 11) is 0. The summed E-state index contributed by atoms with van der Waals surface area (Å²) in [6.07, 6.45) is 3.95. The summed E-state index contributed by atoms with van der Waals surface area (Å²) in [5.74, 6) is 0. The number of nitrogens with two attached hydrogens (primary N) is 1. The normalized spacial score (nSPS) is 13.3. The lowest BCUT2D eigenvalue weighted by molar-refractivity contribution is 0.290. The van der Waals surface area contributed by atoms with Crippen LogP contribution in [-0.2, 0) is 6.42 Å². The van der Waals surface area contributed by atoms with E-state index in [1.165, 1.54) is 4.88 Å². The Hall–Kier alpha value is -0.450. The lowest BCUT2D eigenvalue weighted by Gasteiger charge is -2.20. The van der Waals surface area contributed by atoms with Gasteiger partial charge in [0.1, 0.15) is 0 Å². The molecule has 0 aliphatic carbocycles. The van der Waals surface area contributed by atoms with Crippen molar-refractivity contribution >= 4 is 11.3 Å². The van der Waals surface area contributed by atoms with E-state index in [1.54, 1.807) is 11.3 Å². The fraction of sp³-hybridized carbons (Fsp3) is 0.727. The summed E-state index contributed by atoms with van der Waals surface area (Å²) in [5, 5.41) is 0. The Morgan fingerprint density at radius 1 is 1.47 bits per heavy atom. The molecule has 0 aliphatic heterocycles. The van der Waals surface area contributed by atoms with Gasteiger partial charge in [0, 0.05) is 17.1 Å². The lowest BCUT2D eigenvalue weighted by atomic mass is 10.1. The maximum absolute atomic E-state index is 6.07. The number of aromatic nitrogens is 1. The van der Waals surface area contributed by atoms with Crippen LogP contribution in [0.3, 0.4) is 0 Å². The Bertz CT molecular complexity index is 244. The van der Waals surface area contributed by atoms with Crippen molar-refractivity contribution in [2.75, 3.05) is 19.6 Å². The van der Waals surface area contributed by atoms with Crippen LogP contribution in [0.2, 0.25) is 0 Å². The van der Waals surface area contributed by atoms with Gasteiger partial charge < -0.3 is 10.6 Å². The minimum absolute atomic E-state index is 0.269. The molecule has 2 N–H and O–H groups in total. The number of hydrogen-bond donors (Lipinski definition) is 1. The Kier molecular flexibility index (Phi) is 5.83. The summed E-state index contributed by atoms with van der Waals surface area (Å²) in [6, 6.07) is 0.269. The molecule has 1 unspecified atom stereocenters. The zero-order valence-corrected chi connectivity index (χ0v) is 10.5. The van der Waals surface area contributed by atoms with Crippen LogP contribution in [0.5, 0.6) is 0 Å². The molecule has 0 spiro atoms. The van der Waals surface area contributed by atoms with Crippen molar-refractivity contribution in [1.82, 2.24) is 9.88 Å². The molecule has 0 amide bonds. The molecule has 0 aromatic carbocycles. The molecule has 1 aromatic heterocycles. The zero-order valence-electron chi connectivity index (χ0n) is 9.65. The second kappa shape index (κ2) is 6.93. The van der Waals surface area contributed by atoms with Crippen molar-refractivity contribution < 1.29 is 0 Å². The van der Waals surface area contributed by atoms with E-state index in [4.69, 9.17) is 5.73 Å². The molecule has 1 aromatic rings. The predicted molar refractivity (Wildman–Crippen MR) is 66.2 cm³/mol. The quantitative estimate of drug-likeness (QED) is 0.771. The summed E-state index contributed by atoms with van der Waals surface area (Å²) in [4.78, 5) is 7.76. The number of nitrogens with zero attached hydrogens (tertiary/aromatic N) is 2. The van der Waals surface area contributed by atoms with Crippen LogP contribution < -0.4 is 5.73 Å². The standard InChI is InChI=1S/C11H21N3S/c1-3-14(4-2)6-5-10(12)7-11-8-13-9-15-11/h8-10H,3-7,12H2,1-2H3. The molecule has 15 heavy (non-hydrogen) atoms. The minimum atomic E-state index is 0.269. The van der Waals surface area contributed by atoms with Gasteiger partial charge in [-0.2, -0.15) is 0 Å². The number of rotatable bonds is 7. The fourth-order valence-corrected chi connectivity index (χ4v) is 2.28. The van der Waals surface area contributed by atoms with E-state index in [0.717, 1.165) is 32.5 Å². The van der Waals surface area contributed by atoms with Crippen molar-refractivity contribution in [2.24, 2.45) is 5.73 Å². The third-order valence-electron chi connectivity index (χ3n) is 2.66. The van der Waals surface area contributed by atoms with Gasteiger partial charge in [-0.3, -0.25) is 4.98 Å². The van der Waals surface area contributed by atoms with Crippen LogP contribution in [0.25, 0.3) is 0 Å². The molecular weight excluding hydrogens is 206 g/mol. The highest BCUT2D eigenvalue weighted by atomic mass is 32.1. The van der Waals surface area contributed by atoms with Gasteiger partial charge in [-0.1, -0.05) is 13.8 Å². The first-order valence-electron chi connectivity index (χ1n) is 5.61. The van der Waals surface area contributed by atoms with Crippen molar-refractivity contribution in [3.8, 4) is 0 Å². The van der Waals surface area contributed by atoms with Crippen molar-refractivity contribution in [2.45, 2.75) is 32.7 Å². The molecular formula is C11H21N3S. The Labute approximate surface area is 96.3 Å². The van der Waals surface area contributed by atoms with E-state index in [0.29, 0.717) is 0 Å². The first-order chi connectivity index (χ1) is 7.26. The second-order valence-corrected chi connectivity index (χ2v) is 4.72. The topological polar surface area (TPSA) is 42.1 Å². The molecule has 1 rings (SSSR count). The summed E-state index contributed by atoms with van der Waals surface area (Å²) in [6.45, 7) is 7.72. The molecule has 1 atom stereocenters. The summed E-state index contributed by atoms with van der Waals surface area (Å²) >= 11 is 1.69. The van der Waals surface area contributed by atoms with Crippen molar-refractivity contribution in [3.63, 3.8) is 0 Å². The number of hydrogen-bond acceptors (Lipinski definition) is 4. The maximum Gasteiger partial charge on any atom is 0.0794 e. The average molecular weight is 227 g/mol. The van der Waals surface area contributed by atoms with E-state index in [1.807, 2.05) is 11.7 Å². The largest absolute Gasteiger partial charge is 0.327 e. The van der Waals surface area contributed by atoms with E-state index in [-0.39, 0.29) is 6.04 Å². The van der Waals surface area contributed by atoms with Crippen molar-refractivity contribution in [3.05, 3.63) is 16.6 Å². The molecule has 1 heterocycles. The minimum Gasteiger partial charge on any atom is -0.327 e. The van der Waals surface area contributed by atoms with Gasteiger partial charge >= 0.3 is 0 Å². The van der Waals surface area contributed by atoms with Gasteiger partial charge in [-0.25, -0.2) is 0 Å². The van der Waals surface area contributed by atoms with Crippen LogP contribution in [0, 0.1) is 0 Å². The highest BCUT2D eigenvalue weighted by molar-refractivity contribution is 7.09. The van der Waals surface area contributed by atoms with Crippen LogP contribution in [-0.4, -0.2) is 35.6 Å². The molecule has 0 bridgehead atoms. The van der Waals surface area contributed by atoms with E-state index < -0.39 is 0 Å². The monoisotopic (exact) mass is 227 g/mol. The maximum atomic E-state index is 6.07. The first kappa shape index (κ1) is 12.6. The van der Waals surface area contributed by atoms with E-state index in [9.17, 15) is 0 Å². The summed E-state index contributed by atoms with van der Waals surface area (Å²) < 4.78 is 0. The zero-order chi connectivity index (χ0) is 11.1. The third-order valence-corrected chi connectivity index (χ3v) is 3.46. The second-order valence-electron chi connectivity index (χ2n) is 3.75. The lowest BCUT2D eigenvalue weighted by Crippen LogP contribution is -2.31. The molecule has 0 fully saturated rings. The van der Waals surface area contributed by atoms with Gasteiger partial charge in [-0.05, 0) is 32.5 Å². The Balaban J connectivity index is 2.21. The smallest absolute Gasteiger partial charge is 0.0794 e. The van der Waals surface area contributed by atoms with Gasteiger partial charge in [0.05, 0.1) is 5.51 Å². The van der Waals surface area contributed by atoms with Gasteiger partial charge in [0.15, 0.2) is 0 Å². The average Bonchev–Trinajstić information content (AvgIpc) is 2.72. The molecule has 3 nitrogen and oxygen atoms in total. The Morgan fingerprint density at radius 3 is 2.73 bits per heavy atom. The highest BCUT2D eigenvalue weighted by Crippen LogP contribution is 2.09. The van der Waals surface area contributed by atoms with E-state index in [2.05, 4.69) is 23.7 Å². The SMILES string of the molecule is CCN(CC)CCC(N)Cc1cncs1. The van der Waals surface area contributed by atoms with Crippen LogP contribution in [0.4, 0.5) is 0 Å². The molecule has 86 valence electrons. The molecule has 4 heteroatoms. The highest BCUT2D eigenvalue weighted by Gasteiger charge is 2.07. The van der Waals surface area contributed by atoms with Crippen LogP contribution in [0.1, 0.15) is 25.1 Å². The fourth-order valence-electron chi connectivity index (χ4n) is 1.59. The van der Waals surface area contributed by atoms with Gasteiger partial charge in [0.25, 0.3) is 0 Å². The van der Waals surface area contributed by atoms with Crippen LogP contribution in [0.15, 0.2) is 11.7 Å². The molecule has 0 saturated carbocycles. The Morgan fingerprint density at radius 2 is 2.20 bits per heavy atom. The number of thiazole rings is 1. The molecule has 0 radical (unpaired) electrons. The first-order valence-corrected chi connectivity index (χ1v) is 6.49. The van der Waals surface area contributed by atoms with Gasteiger partial charge in [0.2, 0.25) is 0 Å². The summed E-state index contributed by atoms with van der Waals surface area (Å²) in [5.41, 5.74) is 7.94. The van der Waals surface area contributed by atoms with Crippen molar-refractivity contribution in [1.29, 1.82) is 0 Å². The van der Waals surface area contributed by atoms with E-state index >= 15 is 0 Å². The van der Waals surface area contributed by atoms with Gasteiger partial charge in [-0.15, -0.1) is 11.3 Å². The molecule has 0 saturated heterocycles. The predicted octanol–water partition coefficient (Wildman–Crippen LogP) is 1.74. The van der Waals surface area contributed by atoms with Crippen LogP contribution >= 0.6 is 11.3 Å². The molecule has 0 aliphatic rings.